The van der Waals surface area contributed by atoms with E-state index in [-0.39, 0.29) is 6.32 Å². The SMILES string of the molecule is C1CCC1.CC(CN1CCCN(OCc2ccc(NS(=O)(=O)c3cccc4cccnc34)cc2)CC1)c1ccccc1.[HH]. The molecular formula is C34H44N4O3S. The summed E-state index contributed by atoms with van der Waals surface area (Å²) in [7, 11) is -3.77. The number of aromatic nitrogens is 1. The molecule has 0 amide bonds. The van der Waals surface area contributed by atoms with E-state index in [1.54, 1.807) is 36.5 Å². The van der Waals surface area contributed by atoms with Crippen LogP contribution in [0.1, 0.15) is 57.5 Å². The van der Waals surface area contributed by atoms with Gasteiger partial charge >= 0.3 is 0 Å². The Hall–Kier alpha value is -3.30. The Bertz CT molecular complexity index is 1510. The molecule has 1 aromatic heterocycles. The second-order valence-electron chi connectivity index (χ2n) is 11.2. The molecule has 1 aliphatic heterocycles. The van der Waals surface area contributed by atoms with E-state index in [1.165, 1.54) is 31.2 Å². The molecule has 1 aliphatic carbocycles. The molecule has 0 radical (unpaired) electrons. The summed E-state index contributed by atoms with van der Waals surface area (Å²) < 4.78 is 28.8. The Morgan fingerprint density at radius 3 is 2.31 bits per heavy atom. The zero-order valence-electron chi connectivity index (χ0n) is 24.5. The van der Waals surface area contributed by atoms with Crippen molar-refractivity contribution in [2.75, 3.05) is 37.4 Å². The summed E-state index contributed by atoms with van der Waals surface area (Å²) in [5.41, 5.74) is 3.32. The first-order valence-corrected chi connectivity index (χ1v) is 16.6. The van der Waals surface area contributed by atoms with Crippen LogP contribution in [0.25, 0.3) is 10.9 Å². The number of anilines is 1. The van der Waals surface area contributed by atoms with Crippen molar-refractivity contribution in [3.8, 4) is 0 Å². The minimum absolute atomic E-state index is 0. The third-order valence-electron chi connectivity index (χ3n) is 7.95. The smallest absolute Gasteiger partial charge is 0.264 e. The lowest BCUT2D eigenvalue weighted by Gasteiger charge is -2.24. The molecule has 2 fully saturated rings. The molecule has 0 bridgehead atoms. The number of nitrogens with one attached hydrogen (secondary N) is 1. The van der Waals surface area contributed by atoms with Crippen molar-refractivity contribution in [2.24, 2.45) is 0 Å². The zero-order valence-corrected chi connectivity index (χ0v) is 25.3. The van der Waals surface area contributed by atoms with Gasteiger partial charge in [0.25, 0.3) is 10.0 Å². The molecule has 1 atom stereocenters. The predicted molar refractivity (Wildman–Crippen MR) is 172 cm³/mol. The molecule has 3 aromatic carbocycles. The average molecular weight is 589 g/mol. The van der Waals surface area contributed by atoms with Crippen molar-refractivity contribution in [3.05, 3.63) is 102 Å². The first-order chi connectivity index (χ1) is 20.5. The highest BCUT2D eigenvalue weighted by molar-refractivity contribution is 7.93. The summed E-state index contributed by atoms with van der Waals surface area (Å²) in [6, 6.07) is 26.8. The fraction of sp³-hybridized carbons (Fsp3) is 0.382. The Balaban J connectivity index is 0.000000782. The van der Waals surface area contributed by atoms with Crippen molar-refractivity contribution < 1.29 is 14.7 Å². The molecule has 7 nitrogen and oxygen atoms in total. The number of fused-ring (bicyclic) bond motifs is 1. The maximum atomic E-state index is 13.1. The van der Waals surface area contributed by atoms with E-state index in [0.29, 0.717) is 23.7 Å². The number of nitrogens with zero attached hydrogens (tertiary/aromatic N) is 3. The fourth-order valence-corrected chi connectivity index (χ4v) is 6.36. The molecule has 2 heterocycles. The highest BCUT2D eigenvalue weighted by Gasteiger charge is 2.19. The molecule has 224 valence electrons. The van der Waals surface area contributed by atoms with Crippen LogP contribution in [0.5, 0.6) is 0 Å². The quantitative estimate of drug-likeness (QED) is 0.225. The number of sulfonamides is 1. The summed E-state index contributed by atoms with van der Waals surface area (Å²) in [6.07, 6.45) is 8.66. The van der Waals surface area contributed by atoms with Gasteiger partial charge in [0.15, 0.2) is 0 Å². The standard InChI is InChI=1S/C30H34N4O3S.C4H8.H2/c1-24(26-8-3-2-4-9-26)22-33-18-7-19-34(21-20-33)37-23-25-13-15-28(16-14-25)32-38(35,36)29-12-5-10-27-11-6-17-31-30(27)29;1-2-4-3-1;/h2-6,8-17,24,32H,7,18-23H2,1H3;1-4H2;1H. The van der Waals surface area contributed by atoms with Crippen molar-refractivity contribution in [3.63, 3.8) is 0 Å². The number of hydrogen-bond acceptors (Lipinski definition) is 6. The highest BCUT2D eigenvalue weighted by Crippen LogP contribution is 2.24. The molecule has 8 heteroatoms. The lowest BCUT2D eigenvalue weighted by Crippen LogP contribution is -2.33. The highest BCUT2D eigenvalue weighted by atomic mass is 32.2. The first-order valence-electron chi connectivity index (χ1n) is 15.1. The van der Waals surface area contributed by atoms with E-state index in [9.17, 15) is 8.42 Å². The van der Waals surface area contributed by atoms with Crippen LogP contribution in [-0.4, -0.2) is 56.1 Å². The summed E-state index contributed by atoms with van der Waals surface area (Å²) in [5.74, 6) is 0.497. The third-order valence-corrected chi connectivity index (χ3v) is 9.37. The van der Waals surface area contributed by atoms with E-state index in [2.05, 4.69) is 56.9 Å². The average Bonchev–Trinajstić information content (AvgIpc) is 3.21. The summed E-state index contributed by atoms with van der Waals surface area (Å²) in [5, 5.41) is 2.84. The van der Waals surface area contributed by atoms with E-state index in [1.807, 2.05) is 24.3 Å². The van der Waals surface area contributed by atoms with Crippen LogP contribution < -0.4 is 4.72 Å². The monoisotopic (exact) mass is 588 g/mol. The maximum Gasteiger partial charge on any atom is 0.264 e. The van der Waals surface area contributed by atoms with Crippen LogP contribution in [0.4, 0.5) is 5.69 Å². The number of pyridine rings is 1. The van der Waals surface area contributed by atoms with Gasteiger partial charge in [-0.1, -0.05) is 93.3 Å². The molecular weight excluding hydrogens is 544 g/mol. The van der Waals surface area contributed by atoms with Gasteiger partial charge in [0.2, 0.25) is 0 Å². The van der Waals surface area contributed by atoms with E-state index in [0.717, 1.165) is 50.1 Å². The van der Waals surface area contributed by atoms with Gasteiger partial charge in [0.05, 0.1) is 12.1 Å². The van der Waals surface area contributed by atoms with Gasteiger partial charge in [0.1, 0.15) is 4.90 Å². The second-order valence-corrected chi connectivity index (χ2v) is 12.9. The van der Waals surface area contributed by atoms with Crippen LogP contribution >= 0.6 is 0 Å². The molecule has 1 saturated heterocycles. The molecule has 1 N–H and O–H groups in total. The minimum atomic E-state index is -3.77. The van der Waals surface area contributed by atoms with Crippen LogP contribution in [0.3, 0.4) is 0 Å². The largest absolute Gasteiger partial charge is 0.301 e. The number of hydroxylamine groups is 2. The van der Waals surface area contributed by atoms with Crippen molar-refractivity contribution in [2.45, 2.75) is 56.4 Å². The van der Waals surface area contributed by atoms with Gasteiger partial charge < -0.3 is 4.90 Å². The van der Waals surface area contributed by atoms with Gasteiger partial charge in [-0.3, -0.25) is 14.5 Å². The Morgan fingerprint density at radius 1 is 0.833 bits per heavy atom. The topological polar surface area (TPSA) is 74.8 Å². The summed E-state index contributed by atoms with van der Waals surface area (Å²) in [4.78, 5) is 13.1. The van der Waals surface area contributed by atoms with E-state index in [4.69, 9.17) is 4.84 Å². The molecule has 1 unspecified atom stereocenters. The lowest BCUT2D eigenvalue weighted by molar-refractivity contribution is -0.166. The van der Waals surface area contributed by atoms with Gasteiger partial charge in [-0.05, 0) is 54.3 Å². The molecule has 6 rings (SSSR count). The summed E-state index contributed by atoms with van der Waals surface area (Å²) in [6.45, 7) is 7.58. The number of benzene rings is 3. The molecule has 4 aromatic rings. The van der Waals surface area contributed by atoms with Crippen molar-refractivity contribution in [1.82, 2.24) is 14.9 Å². The molecule has 1 saturated carbocycles. The van der Waals surface area contributed by atoms with Crippen LogP contribution in [0.2, 0.25) is 0 Å². The lowest BCUT2D eigenvalue weighted by atomic mass is 10.0. The Kier molecular flexibility index (Phi) is 10.6. The van der Waals surface area contributed by atoms with Crippen molar-refractivity contribution >= 4 is 26.6 Å². The molecule has 2 aliphatic rings. The molecule has 0 spiro atoms. The van der Waals surface area contributed by atoms with Crippen molar-refractivity contribution in [1.29, 1.82) is 0 Å². The van der Waals surface area contributed by atoms with E-state index >= 15 is 0 Å². The van der Waals surface area contributed by atoms with Crippen LogP contribution in [-0.2, 0) is 21.5 Å². The number of hydrogen-bond donors (Lipinski definition) is 1. The minimum Gasteiger partial charge on any atom is -0.301 e. The normalized spacial score (nSPS) is 17.0. The first kappa shape index (κ1) is 30.2. The van der Waals surface area contributed by atoms with Gasteiger partial charge in [-0.2, -0.15) is 5.06 Å². The van der Waals surface area contributed by atoms with Gasteiger partial charge in [0, 0.05) is 44.9 Å². The molecule has 42 heavy (non-hydrogen) atoms. The second kappa shape index (κ2) is 14.7. The number of rotatable bonds is 9. The summed E-state index contributed by atoms with van der Waals surface area (Å²) >= 11 is 0. The van der Waals surface area contributed by atoms with Gasteiger partial charge in [-0.15, -0.1) is 0 Å². The number of para-hydroxylation sites is 1. The van der Waals surface area contributed by atoms with Crippen LogP contribution in [0, 0.1) is 0 Å². The van der Waals surface area contributed by atoms with Gasteiger partial charge in [-0.25, -0.2) is 8.42 Å². The maximum absolute atomic E-state index is 13.1. The van der Waals surface area contributed by atoms with E-state index < -0.39 is 10.0 Å². The predicted octanol–water partition coefficient (Wildman–Crippen LogP) is 7.09. The zero-order chi connectivity index (χ0) is 29.2. The Morgan fingerprint density at radius 2 is 1.57 bits per heavy atom. The third kappa shape index (κ3) is 8.38. The fourth-order valence-electron chi connectivity index (χ4n) is 5.12. The Labute approximate surface area is 252 Å². The van der Waals surface area contributed by atoms with Crippen LogP contribution in [0.15, 0.2) is 96.0 Å².